The van der Waals surface area contributed by atoms with Gasteiger partial charge >= 0.3 is 0 Å². The zero-order valence-corrected chi connectivity index (χ0v) is 18.0. The van der Waals surface area contributed by atoms with Gasteiger partial charge in [0.05, 0.1) is 5.56 Å². The number of carbonyl (C=O) groups excluding carboxylic acids is 1. The molecule has 1 aliphatic rings. The molecule has 0 unspecified atom stereocenters. The Bertz CT molecular complexity index is 827. The van der Waals surface area contributed by atoms with Crippen molar-refractivity contribution in [3.05, 3.63) is 59.2 Å². The molecule has 0 aromatic heterocycles. The Morgan fingerprint density at radius 3 is 2.52 bits per heavy atom. The molecule has 0 aliphatic carbocycles. The van der Waals surface area contributed by atoms with Crippen molar-refractivity contribution in [1.82, 2.24) is 9.80 Å². The van der Waals surface area contributed by atoms with Crippen molar-refractivity contribution in [2.45, 2.75) is 32.8 Å². The molecule has 0 radical (unpaired) electrons. The van der Waals surface area contributed by atoms with Gasteiger partial charge in [0, 0.05) is 32.5 Å². The summed E-state index contributed by atoms with van der Waals surface area (Å²) in [4.78, 5) is 17.1. The number of benzene rings is 2. The summed E-state index contributed by atoms with van der Waals surface area (Å²) in [7, 11) is 4.01. The van der Waals surface area contributed by atoms with E-state index in [9.17, 15) is 4.79 Å². The van der Waals surface area contributed by atoms with Crippen LogP contribution in [0.3, 0.4) is 0 Å². The maximum atomic E-state index is 13.1. The summed E-state index contributed by atoms with van der Waals surface area (Å²) in [5, 5.41) is 0. The molecule has 1 fully saturated rings. The highest BCUT2D eigenvalue weighted by Crippen LogP contribution is 2.26. The van der Waals surface area contributed by atoms with Crippen LogP contribution in [0, 0.1) is 13.8 Å². The number of likely N-dealkylation sites (tertiary alicyclic amines) is 1. The van der Waals surface area contributed by atoms with E-state index in [0.717, 1.165) is 30.7 Å². The molecule has 2 aromatic rings. The topological polar surface area (TPSA) is 42.0 Å². The molecule has 1 aliphatic heterocycles. The molecule has 0 bridgehead atoms. The molecule has 1 heterocycles. The number of rotatable bonds is 7. The minimum Gasteiger partial charge on any atom is -0.491 e. The standard InChI is InChI=1S/C24H32N2O3/c1-18-9-10-19(2)23(17-18)29-20-11-13-26(14-12-20)24(27)21-7-5-6-8-22(21)28-16-15-25(3)4/h5-10,17,20H,11-16H2,1-4H3. The van der Waals surface area contributed by atoms with Crippen molar-refractivity contribution < 1.29 is 14.3 Å². The first kappa shape index (κ1) is 21.2. The van der Waals surface area contributed by atoms with Gasteiger partial charge in [-0.1, -0.05) is 24.3 Å². The van der Waals surface area contributed by atoms with Gasteiger partial charge in [-0.2, -0.15) is 0 Å². The number of ether oxygens (including phenoxy) is 2. The maximum absolute atomic E-state index is 13.1. The number of para-hydroxylation sites is 1. The summed E-state index contributed by atoms with van der Waals surface area (Å²) in [6.07, 6.45) is 1.82. The smallest absolute Gasteiger partial charge is 0.257 e. The van der Waals surface area contributed by atoms with E-state index in [2.05, 4.69) is 36.9 Å². The number of likely N-dealkylation sites (N-methyl/N-ethyl adjacent to an activating group) is 1. The lowest BCUT2D eigenvalue weighted by molar-refractivity contribution is 0.0590. The second-order valence-corrected chi connectivity index (χ2v) is 8.03. The van der Waals surface area contributed by atoms with E-state index in [0.29, 0.717) is 31.0 Å². The minimum atomic E-state index is 0.0376. The number of hydrogen-bond donors (Lipinski definition) is 0. The van der Waals surface area contributed by atoms with Gasteiger partial charge in [0.25, 0.3) is 5.91 Å². The fraction of sp³-hybridized carbons (Fsp3) is 0.458. The van der Waals surface area contributed by atoms with Gasteiger partial charge in [-0.05, 0) is 57.3 Å². The molecule has 0 N–H and O–H groups in total. The van der Waals surface area contributed by atoms with Crippen LogP contribution in [0.15, 0.2) is 42.5 Å². The van der Waals surface area contributed by atoms with Crippen molar-refractivity contribution in [1.29, 1.82) is 0 Å². The monoisotopic (exact) mass is 396 g/mol. The first-order valence-corrected chi connectivity index (χ1v) is 10.3. The second-order valence-electron chi connectivity index (χ2n) is 8.03. The number of hydrogen-bond acceptors (Lipinski definition) is 4. The number of amides is 1. The number of aryl methyl sites for hydroxylation is 2. The lowest BCUT2D eigenvalue weighted by atomic mass is 10.1. The highest BCUT2D eigenvalue weighted by atomic mass is 16.5. The first-order chi connectivity index (χ1) is 13.9. The molecule has 2 aromatic carbocycles. The Hall–Kier alpha value is -2.53. The van der Waals surface area contributed by atoms with Gasteiger partial charge in [-0.3, -0.25) is 4.79 Å². The lowest BCUT2D eigenvalue weighted by Crippen LogP contribution is -2.42. The van der Waals surface area contributed by atoms with Crippen LogP contribution in [0.1, 0.15) is 34.3 Å². The average Bonchev–Trinajstić information content (AvgIpc) is 2.71. The molecule has 0 saturated carbocycles. The van der Waals surface area contributed by atoms with Gasteiger partial charge in [0.2, 0.25) is 0 Å². The van der Waals surface area contributed by atoms with E-state index in [1.54, 1.807) is 0 Å². The van der Waals surface area contributed by atoms with Crippen LogP contribution < -0.4 is 9.47 Å². The highest BCUT2D eigenvalue weighted by molar-refractivity contribution is 5.97. The lowest BCUT2D eigenvalue weighted by Gasteiger charge is -2.33. The van der Waals surface area contributed by atoms with E-state index >= 15 is 0 Å². The number of carbonyl (C=O) groups is 1. The number of piperidine rings is 1. The van der Waals surface area contributed by atoms with Crippen molar-refractivity contribution in [2.24, 2.45) is 0 Å². The fourth-order valence-electron chi connectivity index (χ4n) is 3.47. The minimum absolute atomic E-state index is 0.0376. The van der Waals surface area contributed by atoms with Crippen LogP contribution in [0.2, 0.25) is 0 Å². The molecule has 5 nitrogen and oxygen atoms in total. The Morgan fingerprint density at radius 2 is 1.79 bits per heavy atom. The Balaban J connectivity index is 1.58. The van der Waals surface area contributed by atoms with Crippen LogP contribution in [-0.2, 0) is 0 Å². The third-order valence-corrected chi connectivity index (χ3v) is 5.28. The van der Waals surface area contributed by atoms with Gasteiger partial charge in [-0.25, -0.2) is 0 Å². The number of nitrogens with zero attached hydrogens (tertiary/aromatic N) is 2. The summed E-state index contributed by atoms with van der Waals surface area (Å²) in [6.45, 7) is 6.90. The van der Waals surface area contributed by atoms with E-state index in [1.807, 2.05) is 43.3 Å². The predicted octanol–water partition coefficient (Wildman–Crippen LogP) is 3.93. The largest absolute Gasteiger partial charge is 0.491 e. The normalized spacial score (nSPS) is 14.9. The molecule has 1 saturated heterocycles. The first-order valence-electron chi connectivity index (χ1n) is 10.3. The van der Waals surface area contributed by atoms with E-state index in [1.165, 1.54) is 5.56 Å². The molecule has 0 spiro atoms. The third-order valence-electron chi connectivity index (χ3n) is 5.28. The summed E-state index contributed by atoms with van der Waals surface area (Å²) < 4.78 is 12.1. The molecule has 29 heavy (non-hydrogen) atoms. The van der Waals surface area contributed by atoms with Crippen molar-refractivity contribution in [3.63, 3.8) is 0 Å². The SMILES string of the molecule is Cc1ccc(C)c(OC2CCN(C(=O)c3ccccc3OCCN(C)C)CC2)c1. The highest BCUT2D eigenvalue weighted by Gasteiger charge is 2.26. The molecule has 3 rings (SSSR count). The van der Waals surface area contributed by atoms with Crippen LogP contribution in [0.25, 0.3) is 0 Å². The van der Waals surface area contributed by atoms with Crippen molar-refractivity contribution in [3.8, 4) is 11.5 Å². The van der Waals surface area contributed by atoms with Gasteiger partial charge in [-0.15, -0.1) is 0 Å². The zero-order valence-electron chi connectivity index (χ0n) is 18.0. The van der Waals surface area contributed by atoms with Crippen LogP contribution in [0.4, 0.5) is 0 Å². The summed E-state index contributed by atoms with van der Waals surface area (Å²) in [5.74, 6) is 1.65. The predicted molar refractivity (Wildman–Crippen MR) is 116 cm³/mol. The van der Waals surface area contributed by atoms with Crippen molar-refractivity contribution >= 4 is 5.91 Å². The third kappa shape index (κ3) is 5.73. The summed E-state index contributed by atoms with van der Waals surface area (Å²) >= 11 is 0. The Labute approximate surface area is 174 Å². The molecule has 156 valence electrons. The molecule has 5 heteroatoms. The molecule has 1 amide bonds. The Kier molecular flexibility index (Phi) is 7.15. The molecular weight excluding hydrogens is 364 g/mol. The van der Waals surface area contributed by atoms with Gasteiger partial charge in [0.1, 0.15) is 24.2 Å². The molecular formula is C24H32N2O3. The molecule has 0 atom stereocenters. The van der Waals surface area contributed by atoms with Crippen LogP contribution in [-0.4, -0.2) is 62.1 Å². The zero-order chi connectivity index (χ0) is 20.8. The summed E-state index contributed by atoms with van der Waals surface area (Å²) in [6, 6.07) is 13.8. The summed E-state index contributed by atoms with van der Waals surface area (Å²) in [5.41, 5.74) is 2.99. The maximum Gasteiger partial charge on any atom is 0.257 e. The van der Waals surface area contributed by atoms with Crippen LogP contribution >= 0.6 is 0 Å². The van der Waals surface area contributed by atoms with E-state index < -0.39 is 0 Å². The second kappa shape index (κ2) is 9.79. The fourth-order valence-corrected chi connectivity index (χ4v) is 3.47. The van der Waals surface area contributed by atoms with E-state index in [-0.39, 0.29) is 12.0 Å². The van der Waals surface area contributed by atoms with Crippen LogP contribution in [0.5, 0.6) is 11.5 Å². The van der Waals surface area contributed by atoms with Gasteiger partial charge < -0.3 is 19.3 Å². The van der Waals surface area contributed by atoms with Crippen molar-refractivity contribution in [2.75, 3.05) is 40.3 Å². The average molecular weight is 397 g/mol. The van der Waals surface area contributed by atoms with Gasteiger partial charge in [0.15, 0.2) is 0 Å². The quantitative estimate of drug-likeness (QED) is 0.711. The van der Waals surface area contributed by atoms with E-state index in [4.69, 9.17) is 9.47 Å². The Morgan fingerprint density at radius 1 is 1.07 bits per heavy atom.